The molecule has 108 valence electrons. The quantitative estimate of drug-likeness (QED) is 0.387. The van der Waals surface area contributed by atoms with Gasteiger partial charge in [0.25, 0.3) is 0 Å². The zero-order valence-corrected chi connectivity index (χ0v) is 16.8. The largest absolute Gasteiger partial charge is 0.352 e. The Kier molecular flexibility index (Phi) is 9.01. The Hall–Kier alpha value is -0.0200. The lowest BCUT2D eigenvalue weighted by atomic mass is 10.4. The van der Waals surface area contributed by atoms with Crippen LogP contribution in [0.1, 0.15) is 5.69 Å². The van der Waals surface area contributed by atoms with E-state index in [0.29, 0.717) is 6.54 Å². The molecule has 0 bridgehead atoms. The monoisotopic (exact) mass is 504 g/mol. The van der Waals surface area contributed by atoms with Crippen LogP contribution in [0.15, 0.2) is 32.8 Å². The van der Waals surface area contributed by atoms with Crippen molar-refractivity contribution in [2.45, 2.75) is 6.54 Å². The van der Waals surface area contributed by atoms with Crippen LogP contribution in [0.3, 0.4) is 0 Å². The molecule has 0 saturated heterocycles. The maximum absolute atomic E-state index is 4.24. The molecule has 4 nitrogen and oxygen atoms in total. The number of hydrogen-bond donors (Lipinski definition) is 1. The third-order valence-corrected chi connectivity index (χ3v) is 3.20. The third kappa shape index (κ3) is 6.31. The first kappa shape index (κ1) is 19.0. The average Bonchev–Trinajstić information content (AvgIpc) is 2.57. The van der Waals surface area contributed by atoms with Crippen LogP contribution in [-0.4, -0.2) is 36.1 Å². The Morgan fingerprint density at radius 1 is 1.58 bits per heavy atom. The molecule has 7 heteroatoms. The lowest BCUT2D eigenvalue weighted by Crippen LogP contribution is -2.39. The van der Waals surface area contributed by atoms with Crippen LogP contribution in [0.25, 0.3) is 0 Å². The van der Waals surface area contributed by atoms with E-state index in [1.807, 2.05) is 20.3 Å². The van der Waals surface area contributed by atoms with E-state index in [9.17, 15) is 0 Å². The Bertz CT molecular complexity index is 457. The molecule has 0 saturated carbocycles. The molecule has 0 aliphatic rings. The topological polar surface area (TPSA) is 32.6 Å². The molecule has 0 spiro atoms. The summed E-state index contributed by atoms with van der Waals surface area (Å²) in [6.07, 6.45) is 2.04. The number of hydrogen-bond acceptors (Lipinski definition) is 1. The highest BCUT2D eigenvalue weighted by Gasteiger charge is 2.09. The van der Waals surface area contributed by atoms with Crippen molar-refractivity contribution in [2.75, 3.05) is 20.6 Å². The summed E-state index contributed by atoms with van der Waals surface area (Å²) in [7, 11) is 5.81. The Morgan fingerprint density at radius 3 is 2.63 bits per heavy atom. The van der Waals surface area contributed by atoms with Gasteiger partial charge in [-0.1, -0.05) is 22.5 Å². The van der Waals surface area contributed by atoms with Crippen LogP contribution in [-0.2, 0) is 13.6 Å². The number of halogens is 3. The van der Waals surface area contributed by atoms with E-state index >= 15 is 0 Å². The maximum atomic E-state index is 4.24. The number of aliphatic imine (C=N–C) groups is 1. The van der Waals surface area contributed by atoms with E-state index in [1.165, 1.54) is 5.69 Å². The fourth-order valence-corrected chi connectivity index (χ4v) is 2.31. The number of nitrogens with zero attached hydrogens (tertiary/aromatic N) is 3. The molecular formula is C12H19Br2IN4. The normalized spacial score (nSPS) is 10.9. The smallest absolute Gasteiger partial charge is 0.194 e. The summed E-state index contributed by atoms with van der Waals surface area (Å²) in [4.78, 5) is 6.31. The minimum absolute atomic E-state index is 0. The molecule has 0 aliphatic heterocycles. The van der Waals surface area contributed by atoms with Gasteiger partial charge < -0.3 is 14.8 Å². The van der Waals surface area contributed by atoms with E-state index < -0.39 is 0 Å². The second kappa shape index (κ2) is 9.02. The molecule has 1 N–H and O–H groups in total. The minimum atomic E-state index is 0. The molecule has 1 heterocycles. The van der Waals surface area contributed by atoms with Crippen molar-refractivity contribution in [3.8, 4) is 0 Å². The fraction of sp³-hybridized carbons (Fsp3) is 0.417. The molecule has 1 aromatic rings. The first-order valence-electron chi connectivity index (χ1n) is 5.50. The van der Waals surface area contributed by atoms with Crippen molar-refractivity contribution in [2.24, 2.45) is 12.0 Å². The van der Waals surface area contributed by atoms with E-state index in [0.717, 1.165) is 21.5 Å². The maximum Gasteiger partial charge on any atom is 0.194 e. The summed E-state index contributed by atoms with van der Waals surface area (Å²) in [5.74, 6) is 0.841. The second-order valence-corrected chi connectivity index (χ2v) is 6.07. The number of aromatic nitrogens is 1. The van der Waals surface area contributed by atoms with Crippen LogP contribution in [0.5, 0.6) is 0 Å². The molecule has 1 rings (SSSR count). The standard InChI is InChI=1S/C12H18Br2N4.HI/c1-9(13)6-16-12(15-2)18(4)8-11-5-10(14)7-17(11)3;/h5,7H,1,6,8H2,2-4H3,(H,15,16);1H. The predicted molar refractivity (Wildman–Crippen MR) is 99.4 cm³/mol. The van der Waals surface area contributed by atoms with Crippen molar-refractivity contribution in [1.29, 1.82) is 0 Å². The molecule has 0 atom stereocenters. The van der Waals surface area contributed by atoms with Gasteiger partial charge in [-0.15, -0.1) is 24.0 Å². The van der Waals surface area contributed by atoms with Crippen LogP contribution >= 0.6 is 55.8 Å². The molecule has 0 aromatic carbocycles. The number of guanidine groups is 1. The number of rotatable bonds is 4. The highest BCUT2D eigenvalue weighted by molar-refractivity contribution is 14.0. The van der Waals surface area contributed by atoms with Gasteiger partial charge in [-0.05, 0) is 22.0 Å². The van der Waals surface area contributed by atoms with Gasteiger partial charge in [-0.2, -0.15) is 0 Å². The highest BCUT2D eigenvalue weighted by atomic mass is 127. The summed E-state index contributed by atoms with van der Waals surface area (Å²) in [6.45, 7) is 5.24. The lowest BCUT2D eigenvalue weighted by Gasteiger charge is -2.22. The first-order chi connectivity index (χ1) is 8.43. The molecule has 0 fully saturated rings. The molecule has 0 radical (unpaired) electrons. The zero-order valence-electron chi connectivity index (χ0n) is 11.3. The van der Waals surface area contributed by atoms with E-state index in [1.54, 1.807) is 7.05 Å². The SMILES string of the molecule is C=C(Br)CNC(=NC)N(C)Cc1cc(Br)cn1C.I. The summed E-state index contributed by atoms with van der Waals surface area (Å²) in [5, 5.41) is 3.22. The van der Waals surface area contributed by atoms with Gasteiger partial charge in [0.15, 0.2) is 5.96 Å². The molecule has 0 aliphatic carbocycles. The average molecular weight is 506 g/mol. The van der Waals surface area contributed by atoms with Crippen LogP contribution in [0.4, 0.5) is 0 Å². The first-order valence-corrected chi connectivity index (χ1v) is 7.08. The van der Waals surface area contributed by atoms with Gasteiger partial charge in [-0.25, -0.2) is 0 Å². The zero-order chi connectivity index (χ0) is 13.7. The van der Waals surface area contributed by atoms with E-state index in [4.69, 9.17) is 0 Å². The summed E-state index contributed by atoms with van der Waals surface area (Å²) in [5.41, 5.74) is 1.21. The minimum Gasteiger partial charge on any atom is -0.352 e. The van der Waals surface area contributed by atoms with Crippen LogP contribution < -0.4 is 5.32 Å². The molecule has 1 aromatic heterocycles. The van der Waals surface area contributed by atoms with Gasteiger partial charge in [0.1, 0.15) is 0 Å². The Balaban J connectivity index is 0.00000324. The van der Waals surface area contributed by atoms with Crippen LogP contribution in [0, 0.1) is 0 Å². The predicted octanol–water partition coefficient (Wildman–Crippen LogP) is 3.32. The van der Waals surface area contributed by atoms with Crippen molar-refractivity contribution < 1.29 is 0 Å². The number of aryl methyl sites for hydroxylation is 1. The summed E-state index contributed by atoms with van der Waals surface area (Å²) in [6, 6.07) is 2.10. The highest BCUT2D eigenvalue weighted by Crippen LogP contribution is 2.14. The summed E-state index contributed by atoms with van der Waals surface area (Å²) < 4.78 is 4.08. The van der Waals surface area contributed by atoms with Crippen molar-refractivity contribution in [1.82, 2.24) is 14.8 Å². The molecule has 0 unspecified atom stereocenters. The van der Waals surface area contributed by atoms with E-state index in [2.05, 4.69) is 64.3 Å². The Labute approximate surface area is 148 Å². The fourth-order valence-electron chi connectivity index (χ4n) is 1.60. The van der Waals surface area contributed by atoms with Gasteiger partial charge in [0.05, 0.1) is 6.54 Å². The molecule has 0 amide bonds. The third-order valence-electron chi connectivity index (χ3n) is 2.49. The molecular weight excluding hydrogens is 487 g/mol. The molecule has 19 heavy (non-hydrogen) atoms. The van der Waals surface area contributed by atoms with Gasteiger partial charge in [0, 0.05) is 48.5 Å². The van der Waals surface area contributed by atoms with E-state index in [-0.39, 0.29) is 24.0 Å². The van der Waals surface area contributed by atoms with Crippen LogP contribution in [0.2, 0.25) is 0 Å². The van der Waals surface area contributed by atoms with Gasteiger partial charge in [-0.3, -0.25) is 4.99 Å². The lowest BCUT2D eigenvalue weighted by molar-refractivity contribution is 0.465. The van der Waals surface area contributed by atoms with Gasteiger partial charge >= 0.3 is 0 Å². The second-order valence-electron chi connectivity index (χ2n) is 4.03. The van der Waals surface area contributed by atoms with Gasteiger partial charge in [0.2, 0.25) is 0 Å². The summed E-state index contributed by atoms with van der Waals surface area (Å²) >= 11 is 6.80. The Morgan fingerprint density at radius 2 is 2.21 bits per heavy atom. The van der Waals surface area contributed by atoms with Crippen molar-refractivity contribution in [3.63, 3.8) is 0 Å². The van der Waals surface area contributed by atoms with Crippen molar-refractivity contribution >= 4 is 61.8 Å². The van der Waals surface area contributed by atoms with Crippen molar-refractivity contribution in [3.05, 3.63) is 33.5 Å². The number of nitrogens with one attached hydrogen (secondary N) is 1.